The smallest absolute Gasteiger partial charge is 0.123 e. The Kier molecular flexibility index (Phi) is 8.85. The van der Waals surface area contributed by atoms with E-state index in [1.165, 1.54) is 19.3 Å². The fraction of sp³-hybridized carbons (Fsp3) is 0.923. The van der Waals surface area contributed by atoms with Gasteiger partial charge in [-0.25, -0.2) is 0 Å². The van der Waals surface area contributed by atoms with E-state index in [2.05, 4.69) is 19.6 Å². The van der Waals surface area contributed by atoms with Crippen LogP contribution in [0.25, 0.3) is 0 Å². The van der Waals surface area contributed by atoms with Gasteiger partial charge in [-0.1, -0.05) is 38.9 Å². The van der Waals surface area contributed by atoms with E-state index in [-0.39, 0.29) is 0 Å². The molecule has 0 radical (unpaired) electrons. The van der Waals surface area contributed by atoms with Gasteiger partial charge in [-0.05, 0) is 19.8 Å². The molecule has 0 aliphatic heterocycles. The summed E-state index contributed by atoms with van der Waals surface area (Å²) in [6.07, 6.45) is 6.73. The summed E-state index contributed by atoms with van der Waals surface area (Å²) in [4.78, 5) is 11.7. The highest BCUT2D eigenvalue weighted by Gasteiger charge is 2.22. The van der Waals surface area contributed by atoms with Gasteiger partial charge in [0.05, 0.1) is 0 Å². The zero-order chi connectivity index (χ0) is 12.4. The molecule has 96 valence electrons. The zero-order valence-electron chi connectivity index (χ0n) is 11.5. The zero-order valence-corrected chi connectivity index (χ0v) is 12.5. The summed E-state index contributed by atoms with van der Waals surface area (Å²) in [6.45, 7) is 10.2. The number of hydrogen-bond donors (Lipinski definition) is 0. The van der Waals surface area contributed by atoms with Crippen LogP contribution < -0.4 is 0 Å². The lowest BCUT2D eigenvalue weighted by atomic mass is 10.1. The molecular weight excluding hydrogens is 216 g/mol. The lowest BCUT2D eigenvalue weighted by molar-refractivity contribution is -0.112. The number of unbranched alkanes of at least 4 members (excludes halogenated alkanes) is 4. The molecular formula is C13H28O2Si. The van der Waals surface area contributed by atoms with Crippen LogP contribution in [-0.2, 0) is 9.53 Å². The lowest BCUT2D eigenvalue weighted by Gasteiger charge is -2.13. The Labute approximate surface area is 102 Å². The van der Waals surface area contributed by atoms with Crippen molar-refractivity contribution in [3.05, 3.63) is 0 Å². The van der Waals surface area contributed by atoms with Crippen LogP contribution in [0.1, 0.15) is 45.4 Å². The second-order valence-electron chi connectivity index (χ2n) is 5.39. The third kappa shape index (κ3) is 9.10. The van der Waals surface area contributed by atoms with Gasteiger partial charge in [0.25, 0.3) is 0 Å². The highest BCUT2D eigenvalue weighted by Crippen LogP contribution is 2.11. The van der Waals surface area contributed by atoms with Gasteiger partial charge in [-0.15, -0.1) is 0 Å². The van der Waals surface area contributed by atoms with Gasteiger partial charge in [-0.3, -0.25) is 0 Å². The number of ether oxygens (including phenoxy) is 1. The van der Waals surface area contributed by atoms with Crippen LogP contribution in [0.5, 0.6) is 0 Å². The fourth-order valence-electron chi connectivity index (χ4n) is 1.54. The maximum absolute atomic E-state index is 11.7. The predicted molar refractivity (Wildman–Crippen MR) is 72.5 cm³/mol. The molecule has 3 heteroatoms. The Morgan fingerprint density at radius 1 is 1.00 bits per heavy atom. The van der Waals surface area contributed by atoms with E-state index in [9.17, 15) is 4.79 Å². The molecule has 0 spiro atoms. The molecule has 0 rings (SSSR count). The van der Waals surface area contributed by atoms with Crippen LogP contribution in [0.4, 0.5) is 0 Å². The van der Waals surface area contributed by atoms with Gasteiger partial charge in [0.15, 0.2) is 0 Å². The summed E-state index contributed by atoms with van der Waals surface area (Å²) in [7, 11) is -1.51. The van der Waals surface area contributed by atoms with Crippen LogP contribution in [0.2, 0.25) is 19.6 Å². The molecule has 0 saturated carbocycles. The second kappa shape index (κ2) is 8.94. The van der Waals surface area contributed by atoms with Gasteiger partial charge in [0.1, 0.15) is 13.5 Å². The molecule has 0 amide bonds. The van der Waals surface area contributed by atoms with Gasteiger partial charge in [0, 0.05) is 19.6 Å². The van der Waals surface area contributed by atoms with Crippen LogP contribution in [-0.4, -0.2) is 26.7 Å². The maximum Gasteiger partial charge on any atom is 0.123 e. The van der Waals surface area contributed by atoms with Crippen LogP contribution in [0.15, 0.2) is 0 Å². The molecule has 0 N–H and O–H groups in total. The number of carbonyl (C=O) groups excluding carboxylic acids is 1. The minimum atomic E-state index is -1.51. The van der Waals surface area contributed by atoms with E-state index in [0.29, 0.717) is 5.41 Å². The van der Waals surface area contributed by atoms with Crippen LogP contribution >= 0.6 is 0 Å². The number of carbonyl (C=O) groups is 1. The number of hydrogen-bond acceptors (Lipinski definition) is 2. The Balaban J connectivity index is 3.25. The quantitative estimate of drug-likeness (QED) is 0.431. The first kappa shape index (κ1) is 15.8. The van der Waals surface area contributed by atoms with Crippen molar-refractivity contribution in [2.45, 2.75) is 65.1 Å². The Hall–Kier alpha value is -0.153. The molecule has 16 heavy (non-hydrogen) atoms. The van der Waals surface area contributed by atoms with Crippen molar-refractivity contribution in [1.29, 1.82) is 0 Å². The van der Waals surface area contributed by atoms with Gasteiger partial charge >= 0.3 is 0 Å². The summed E-state index contributed by atoms with van der Waals surface area (Å²) >= 11 is 0. The van der Waals surface area contributed by atoms with E-state index >= 15 is 0 Å². The van der Waals surface area contributed by atoms with Crippen LogP contribution in [0.3, 0.4) is 0 Å². The molecule has 0 aliphatic carbocycles. The Bertz CT molecular complexity index is 185. The van der Waals surface area contributed by atoms with Gasteiger partial charge in [-0.2, -0.15) is 0 Å². The lowest BCUT2D eigenvalue weighted by Crippen LogP contribution is -2.32. The molecule has 0 aliphatic rings. The highest BCUT2D eigenvalue weighted by molar-refractivity contribution is 7.03. The van der Waals surface area contributed by atoms with Crippen molar-refractivity contribution < 1.29 is 9.53 Å². The van der Waals surface area contributed by atoms with Gasteiger partial charge < -0.3 is 9.53 Å². The van der Waals surface area contributed by atoms with E-state index in [4.69, 9.17) is 4.74 Å². The summed E-state index contributed by atoms with van der Waals surface area (Å²) < 4.78 is 5.27. The standard InChI is InChI=1S/C13H28O2Si/c1-5-15-12-10-8-6-7-9-11-13(14)16(2,3)4/h5-12H2,1-4H3. The van der Waals surface area contributed by atoms with Crippen LogP contribution in [0, 0.1) is 0 Å². The van der Waals surface area contributed by atoms with E-state index in [1.54, 1.807) is 0 Å². The summed E-state index contributed by atoms with van der Waals surface area (Å²) in [5.74, 6) is 0. The van der Waals surface area contributed by atoms with E-state index in [1.807, 2.05) is 6.92 Å². The Morgan fingerprint density at radius 2 is 1.56 bits per heavy atom. The molecule has 2 nitrogen and oxygen atoms in total. The minimum absolute atomic E-state index is 0.529. The molecule has 0 unspecified atom stereocenters. The molecule has 0 aromatic heterocycles. The summed E-state index contributed by atoms with van der Waals surface area (Å²) in [6, 6.07) is 0. The van der Waals surface area contributed by atoms with E-state index < -0.39 is 8.07 Å². The molecule has 0 bridgehead atoms. The fourth-order valence-corrected chi connectivity index (χ4v) is 2.47. The van der Waals surface area contributed by atoms with Crippen molar-refractivity contribution in [2.75, 3.05) is 13.2 Å². The van der Waals surface area contributed by atoms with E-state index in [0.717, 1.165) is 32.5 Å². The first-order valence-electron chi connectivity index (χ1n) is 6.59. The third-order valence-corrected chi connectivity index (χ3v) is 4.66. The third-order valence-electron chi connectivity index (χ3n) is 2.73. The molecule has 0 aromatic rings. The molecule has 0 heterocycles. The molecule has 0 fully saturated rings. The summed E-state index contributed by atoms with van der Waals surface area (Å²) in [5.41, 5.74) is 0. The average Bonchev–Trinajstić information content (AvgIpc) is 2.20. The number of rotatable bonds is 10. The van der Waals surface area contributed by atoms with Crippen molar-refractivity contribution >= 4 is 13.5 Å². The van der Waals surface area contributed by atoms with Crippen molar-refractivity contribution in [2.24, 2.45) is 0 Å². The normalized spacial score (nSPS) is 11.8. The minimum Gasteiger partial charge on any atom is -0.382 e. The van der Waals surface area contributed by atoms with Gasteiger partial charge in [0.2, 0.25) is 0 Å². The molecule has 0 aromatic carbocycles. The monoisotopic (exact) mass is 244 g/mol. The summed E-state index contributed by atoms with van der Waals surface area (Å²) in [5, 5.41) is 0.529. The first-order valence-corrected chi connectivity index (χ1v) is 10.1. The Morgan fingerprint density at radius 3 is 2.12 bits per heavy atom. The predicted octanol–water partition coefficient (Wildman–Crippen LogP) is 3.81. The topological polar surface area (TPSA) is 26.3 Å². The second-order valence-corrected chi connectivity index (χ2v) is 10.4. The maximum atomic E-state index is 11.7. The highest BCUT2D eigenvalue weighted by atomic mass is 28.3. The SMILES string of the molecule is CCOCCCCCCCC(=O)[Si](C)(C)C. The average molecular weight is 244 g/mol. The van der Waals surface area contributed by atoms with Crippen molar-refractivity contribution in [3.8, 4) is 0 Å². The van der Waals surface area contributed by atoms with Crippen molar-refractivity contribution in [3.63, 3.8) is 0 Å². The first-order chi connectivity index (χ1) is 7.48. The van der Waals surface area contributed by atoms with Crippen molar-refractivity contribution in [1.82, 2.24) is 0 Å². The molecule has 0 atom stereocenters. The largest absolute Gasteiger partial charge is 0.382 e. The molecule has 0 saturated heterocycles.